The Hall–Kier alpha value is -2.63. The Morgan fingerprint density at radius 1 is 1.13 bits per heavy atom. The third-order valence-electron chi connectivity index (χ3n) is 5.83. The molecule has 1 saturated heterocycles. The Kier molecular flexibility index (Phi) is 6.44. The summed E-state index contributed by atoms with van der Waals surface area (Å²) in [6, 6.07) is 12.7. The van der Waals surface area contributed by atoms with Crippen molar-refractivity contribution in [3.63, 3.8) is 0 Å². The zero-order valence-corrected chi connectivity index (χ0v) is 18.6. The van der Waals surface area contributed by atoms with E-state index in [1.807, 2.05) is 31.2 Å². The summed E-state index contributed by atoms with van der Waals surface area (Å²) in [6.07, 6.45) is 2.41. The third-order valence-corrected chi connectivity index (χ3v) is 6.09. The molecule has 0 aliphatic carbocycles. The van der Waals surface area contributed by atoms with E-state index in [4.69, 9.17) is 20.8 Å². The highest BCUT2D eigenvalue weighted by molar-refractivity contribution is 6.30. The van der Waals surface area contributed by atoms with Crippen LogP contribution in [0.15, 0.2) is 51.7 Å². The van der Waals surface area contributed by atoms with Crippen molar-refractivity contribution in [1.82, 2.24) is 4.90 Å². The predicted octanol–water partition coefficient (Wildman–Crippen LogP) is 4.58. The SMILES string of the molecule is Cc1c(OC2CCN(C)CC2)ccc2cc(CC(=O)Cc3ccc(Cl)cc3)c(=O)oc12. The molecule has 0 radical (unpaired) electrons. The number of aryl methyl sites for hydroxylation is 1. The normalized spacial score (nSPS) is 15.3. The van der Waals surface area contributed by atoms with Gasteiger partial charge in [0.15, 0.2) is 0 Å². The fourth-order valence-electron chi connectivity index (χ4n) is 3.99. The highest BCUT2D eigenvalue weighted by Gasteiger charge is 2.20. The number of likely N-dealkylation sites (tertiary alicyclic amines) is 1. The van der Waals surface area contributed by atoms with E-state index in [9.17, 15) is 9.59 Å². The van der Waals surface area contributed by atoms with Gasteiger partial charge in [0.2, 0.25) is 0 Å². The molecule has 162 valence electrons. The van der Waals surface area contributed by atoms with Crippen LogP contribution in [-0.4, -0.2) is 36.9 Å². The van der Waals surface area contributed by atoms with E-state index in [-0.39, 0.29) is 24.7 Å². The highest BCUT2D eigenvalue weighted by atomic mass is 35.5. The second-order valence-corrected chi connectivity index (χ2v) is 8.74. The van der Waals surface area contributed by atoms with Gasteiger partial charge in [-0.1, -0.05) is 23.7 Å². The largest absolute Gasteiger partial charge is 0.490 e. The number of carbonyl (C=O) groups excluding carboxylic acids is 1. The summed E-state index contributed by atoms with van der Waals surface area (Å²) >= 11 is 5.89. The zero-order valence-electron chi connectivity index (χ0n) is 17.8. The van der Waals surface area contributed by atoms with Crippen LogP contribution >= 0.6 is 11.6 Å². The van der Waals surface area contributed by atoms with Gasteiger partial charge in [0, 0.05) is 47.5 Å². The molecule has 0 amide bonds. The number of benzene rings is 2. The number of ether oxygens (including phenoxy) is 1. The van der Waals surface area contributed by atoms with Crippen molar-refractivity contribution in [3.05, 3.63) is 74.6 Å². The summed E-state index contributed by atoms with van der Waals surface area (Å²) < 4.78 is 11.8. The molecule has 1 aromatic heterocycles. The predicted molar refractivity (Wildman–Crippen MR) is 122 cm³/mol. The van der Waals surface area contributed by atoms with E-state index in [2.05, 4.69) is 11.9 Å². The summed E-state index contributed by atoms with van der Waals surface area (Å²) in [6.45, 7) is 3.93. The van der Waals surface area contributed by atoms with Crippen molar-refractivity contribution < 1.29 is 13.9 Å². The Morgan fingerprint density at radius 2 is 1.84 bits per heavy atom. The van der Waals surface area contributed by atoms with Crippen LogP contribution in [0.25, 0.3) is 11.0 Å². The Labute approximate surface area is 186 Å². The maximum atomic E-state index is 12.6. The van der Waals surface area contributed by atoms with Crippen LogP contribution in [-0.2, 0) is 17.6 Å². The molecule has 0 atom stereocenters. The van der Waals surface area contributed by atoms with Crippen molar-refractivity contribution in [2.75, 3.05) is 20.1 Å². The molecule has 6 heteroatoms. The number of ketones is 1. The molecule has 2 aromatic carbocycles. The lowest BCUT2D eigenvalue weighted by molar-refractivity contribution is -0.117. The molecule has 4 rings (SSSR count). The fourth-order valence-corrected chi connectivity index (χ4v) is 4.11. The zero-order chi connectivity index (χ0) is 22.0. The van der Waals surface area contributed by atoms with Gasteiger partial charge in [0.1, 0.15) is 23.2 Å². The molecule has 0 bridgehead atoms. The van der Waals surface area contributed by atoms with Crippen molar-refractivity contribution in [1.29, 1.82) is 0 Å². The molecule has 0 saturated carbocycles. The average molecular weight is 440 g/mol. The van der Waals surface area contributed by atoms with Crippen LogP contribution in [0.4, 0.5) is 0 Å². The van der Waals surface area contributed by atoms with Gasteiger partial charge in [0.05, 0.1) is 0 Å². The number of Topliss-reactive ketones (excluding diaryl/α,β-unsaturated/α-hetero) is 1. The number of hydrogen-bond acceptors (Lipinski definition) is 5. The number of nitrogens with zero attached hydrogens (tertiary/aromatic N) is 1. The third kappa shape index (κ3) is 5.17. The van der Waals surface area contributed by atoms with Crippen LogP contribution in [0.2, 0.25) is 5.02 Å². The lowest BCUT2D eigenvalue weighted by atomic mass is 10.0. The summed E-state index contributed by atoms with van der Waals surface area (Å²) in [5, 5.41) is 1.42. The van der Waals surface area contributed by atoms with Gasteiger partial charge in [-0.05, 0) is 62.7 Å². The number of hydrogen-bond donors (Lipinski definition) is 0. The molecule has 0 N–H and O–H groups in total. The van der Waals surface area contributed by atoms with Crippen molar-refractivity contribution in [2.45, 2.75) is 38.7 Å². The van der Waals surface area contributed by atoms with E-state index in [1.54, 1.807) is 18.2 Å². The first-order chi connectivity index (χ1) is 14.9. The lowest BCUT2D eigenvalue weighted by Gasteiger charge is -2.29. The highest BCUT2D eigenvalue weighted by Crippen LogP contribution is 2.29. The second-order valence-electron chi connectivity index (χ2n) is 8.31. The summed E-state index contributed by atoms with van der Waals surface area (Å²) in [7, 11) is 2.12. The number of fused-ring (bicyclic) bond motifs is 1. The molecule has 3 aromatic rings. The molecule has 31 heavy (non-hydrogen) atoms. The molecule has 0 unspecified atom stereocenters. The van der Waals surface area contributed by atoms with E-state index < -0.39 is 5.63 Å². The Morgan fingerprint density at radius 3 is 2.55 bits per heavy atom. The summed E-state index contributed by atoms with van der Waals surface area (Å²) in [5.41, 5.74) is 2.09. The van der Waals surface area contributed by atoms with Gasteiger partial charge < -0.3 is 14.1 Å². The standard InChI is InChI=1S/C25H26ClNO4/c1-16-23(30-22-9-11-27(2)12-10-22)8-5-18-14-19(25(29)31-24(16)18)15-21(28)13-17-3-6-20(26)7-4-17/h3-8,14,22H,9-13,15H2,1-2H3. The van der Waals surface area contributed by atoms with Gasteiger partial charge >= 0.3 is 5.63 Å². The van der Waals surface area contributed by atoms with Gasteiger partial charge in [-0.15, -0.1) is 0 Å². The summed E-state index contributed by atoms with van der Waals surface area (Å²) in [4.78, 5) is 27.3. The minimum absolute atomic E-state index is 0.0355. The van der Waals surface area contributed by atoms with Gasteiger partial charge in [-0.3, -0.25) is 4.79 Å². The fraction of sp³-hybridized carbons (Fsp3) is 0.360. The lowest BCUT2D eigenvalue weighted by Crippen LogP contribution is -2.35. The smallest absolute Gasteiger partial charge is 0.339 e. The van der Waals surface area contributed by atoms with E-state index in [0.717, 1.165) is 48.2 Å². The molecule has 5 nitrogen and oxygen atoms in total. The molecule has 2 heterocycles. The second kappa shape index (κ2) is 9.25. The summed E-state index contributed by atoms with van der Waals surface area (Å²) in [5.74, 6) is 0.699. The van der Waals surface area contributed by atoms with E-state index in [1.165, 1.54) is 0 Å². The number of rotatable bonds is 6. The quantitative estimate of drug-likeness (QED) is 0.526. The maximum Gasteiger partial charge on any atom is 0.339 e. The molecule has 1 fully saturated rings. The average Bonchev–Trinajstić information content (AvgIpc) is 2.74. The van der Waals surface area contributed by atoms with E-state index in [0.29, 0.717) is 16.2 Å². The first kappa shape index (κ1) is 21.6. The number of carbonyl (C=O) groups is 1. The van der Waals surface area contributed by atoms with Crippen molar-refractivity contribution in [3.8, 4) is 5.75 Å². The van der Waals surface area contributed by atoms with Crippen molar-refractivity contribution in [2.24, 2.45) is 0 Å². The molecule has 1 aliphatic heterocycles. The van der Waals surface area contributed by atoms with Crippen LogP contribution in [0.1, 0.15) is 29.5 Å². The van der Waals surface area contributed by atoms with Crippen LogP contribution < -0.4 is 10.4 Å². The Bertz CT molecular complexity index is 1140. The monoisotopic (exact) mass is 439 g/mol. The Balaban J connectivity index is 1.51. The molecule has 1 aliphatic rings. The first-order valence-corrected chi connectivity index (χ1v) is 10.9. The molecule has 0 spiro atoms. The number of halogens is 1. The first-order valence-electron chi connectivity index (χ1n) is 10.6. The van der Waals surface area contributed by atoms with Crippen LogP contribution in [0.5, 0.6) is 5.75 Å². The van der Waals surface area contributed by atoms with Gasteiger partial charge in [-0.2, -0.15) is 0 Å². The van der Waals surface area contributed by atoms with Gasteiger partial charge in [0.25, 0.3) is 0 Å². The van der Waals surface area contributed by atoms with Gasteiger partial charge in [-0.25, -0.2) is 4.79 Å². The van der Waals surface area contributed by atoms with Crippen LogP contribution in [0, 0.1) is 6.92 Å². The van der Waals surface area contributed by atoms with E-state index >= 15 is 0 Å². The minimum atomic E-state index is -0.475. The van der Waals surface area contributed by atoms with Crippen LogP contribution in [0.3, 0.4) is 0 Å². The number of piperidine rings is 1. The molecular formula is C25H26ClNO4. The topological polar surface area (TPSA) is 59.8 Å². The van der Waals surface area contributed by atoms with Crippen molar-refractivity contribution >= 4 is 28.4 Å². The molecular weight excluding hydrogens is 414 g/mol. The minimum Gasteiger partial charge on any atom is -0.490 e. The maximum absolute atomic E-state index is 12.6.